The molecule has 1 fully saturated rings. The van der Waals surface area contributed by atoms with E-state index in [2.05, 4.69) is 4.74 Å². The van der Waals surface area contributed by atoms with Crippen molar-refractivity contribution in [1.82, 2.24) is 0 Å². The summed E-state index contributed by atoms with van der Waals surface area (Å²) >= 11 is 4.86. The van der Waals surface area contributed by atoms with E-state index in [-0.39, 0.29) is 0 Å². The van der Waals surface area contributed by atoms with Crippen LogP contribution in [0.1, 0.15) is 13.8 Å². The predicted octanol–water partition coefficient (Wildman–Crippen LogP) is 2.05. The lowest BCUT2D eigenvalue weighted by Gasteiger charge is -2.09. The SMILES string of the molecule is C1COCCO1.CC(C)COC(=O)Cl. The Kier molecular flexibility index (Phi) is 9.03. The van der Waals surface area contributed by atoms with Crippen molar-refractivity contribution >= 4 is 17.0 Å². The first-order chi connectivity index (χ1) is 6.63. The predicted molar refractivity (Wildman–Crippen MR) is 53.7 cm³/mol. The summed E-state index contributed by atoms with van der Waals surface area (Å²) in [5.74, 6) is 0.359. The fraction of sp³-hybridized carbons (Fsp3) is 0.889. The minimum Gasteiger partial charge on any atom is -0.453 e. The second-order valence-electron chi connectivity index (χ2n) is 3.17. The van der Waals surface area contributed by atoms with Crippen LogP contribution in [-0.4, -0.2) is 38.5 Å². The lowest BCUT2D eigenvalue weighted by molar-refractivity contribution is -0.0334. The Morgan fingerprint density at radius 3 is 1.86 bits per heavy atom. The quantitative estimate of drug-likeness (QED) is 0.674. The molecule has 4 nitrogen and oxygen atoms in total. The van der Waals surface area contributed by atoms with Crippen molar-refractivity contribution < 1.29 is 19.0 Å². The summed E-state index contributed by atoms with van der Waals surface area (Å²) in [6.07, 6.45) is 0. The van der Waals surface area contributed by atoms with Gasteiger partial charge in [0.1, 0.15) is 0 Å². The zero-order valence-electron chi connectivity index (χ0n) is 8.62. The molecule has 0 radical (unpaired) electrons. The molecular weight excluding hydrogens is 208 g/mol. The Morgan fingerprint density at radius 1 is 1.29 bits per heavy atom. The van der Waals surface area contributed by atoms with Gasteiger partial charge in [-0.05, 0) is 5.92 Å². The Labute approximate surface area is 89.5 Å². The van der Waals surface area contributed by atoms with Crippen molar-refractivity contribution in [3.63, 3.8) is 0 Å². The molecule has 1 aliphatic rings. The highest BCUT2D eigenvalue weighted by molar-refractivity contribution is 6.61. The summed E-state index contributed by atoms with van der Waals surface area (Å²) in [5, 5.41) is 0. The molecule has 0 N–H and O–H groups in total. The zero-order valence-corrected chi connectivity index (χ0v) is 9.38. The molecule has 0 spiro atoms. The van der Waals surface area contributed by atoms with Gasteiger partial charge in [0, 0.05) is 11.6 Å². The van der Waals surface area contributed by atoms with Crippen molar-refractivity contribution in [3.05, 3.63) is 0 Å². The molecule has 0 bridgehead atoms. The van der Waals surface area contributed by atoms with E-state index in [0.717, 1.165) is 26.4 Å². The van der Waals surface area contributed by atoms with E-state index in [1.165, 1.54) is 0 Å². The smallest absolute Gasteiger partial charge is 0.403 e. The molecular formula is C9H17ClO4. The lowest BCUT2D eigenvalue weighted by atomic mass is 10.2. The van der Waals surface area contributed by atoms with Gasteiger partial charge in [0.2, 0.25) is 0 Å². The molecule has 1 heterocycles. The summed E-state index contributed by atoms with van der Waals surface area (Å²) in [4.78, 5) is 9.89. The van der Waals surface area contributed by atoms with Crippen molar-refractivity contribution in [1.29, 1.82) is 0 Å². The zero-order chi connectivity index (χ0) is 10.8. The molecule has 14 heavy (non-hydrogen) atoms. The van der Waals surface area contributed by atoms with Crippen LogP contribution in [0.25, 0.3) is 0 Å². The molecule has 5 heteroatoms. The van der Waals surface area contributed by atoms with E-state index in [4.69, 9.17) is 21.1 Å². The summed E-state index contributed by atoms with van der Waals surface area (Å²) in [6.45, 7) is 7.40. The molecule has 0 atom stereocenters. The van der Waals surface area contributed by atoms with Gasteiger partial charge in [0.05, 0.1) is 33.0 Å². The van der Waals surface area contributed by atoms with Crippen LogP contribution >= 0.6 is 11.6 Å². The van der Waals surface area contributed by atoms with E-state index in [9.17, 15) is 4.79 Å². The highest BCUT2D eigenvalue weighted by atomic mass is 35.5. The fourth-order valence-corrected chi connectivity index (χ4v) is 0.735. The van der Waals surface area contributed by atoms with Gasteiger partial charge in [-0.2, -0.15) is 0 Å². The van der Waals surface area contributed by atoms with Gasteiger partial charge in [0.25, 0.3) is 0 Å². The molecule has 1 rings (SSSR count). The monoisotopic (exact) mass is 224 g/mol. The van der Waals surface area contributed by atoms with Crippen LogP contribution in [0.15, 0.2) is 0 Å². The summed E-state index contributed by atoms with van der Waals surface area (Å²) in [7, 11) is 0. The number of hydrogen-bond acceptors (Lipinski definition) is 4. The molecule has 0 aromatic carbocycles. The average Bonchev–Trinajstić information content (AvgIpc) is 2.18. The number of rotatable bonds is 2. The molecule has 0 aliphatic carbocycles. The van der Waals surface area contributed by atoms with Gasteiger partial charge in [-0.3, -0.25) is 0 Å². The second-order valence-corrected chi connectivity index (χ2v) is 3.48. The highest BCUT2D eigenvalue weighted by Crippen LogP contribution is 1.94. The van der Waals surface area contributed by atoms with E-state index >= 15 is 0 Å². The van der Waals surface area contributed by atoms with Gasteiger partial charge >= 0.3 is 5.43 Å². The molecule has 0 aromatic rings. The van der Waals surface area contributed by atoms with Crippen LogP contribution in [0.2, 0.25) is 0 Å². The van der Waals surface area contributed by atoms with Crippen LogP contribution in [0, 0.1) is 5.92 Å². The number of halogens is 1. The van der Waals surface area contributed by atoms with Gasteiger partial charge in [-0.1, -0.05) is 13.8 Å². The third-order valence-corrected chi connectivity index (χ3v) is 1.38. The van der Waals surface area contributed by atoms with E-state index in [0.29, 0.717) is 12.5 Å². The maximum Gasteiger partial charge on any atom is 0.403 e. The fourth-order valence-electron chi connectivity index (χ4n) is 0.672. The van der Waals surface area contributed by atoms with Gasteiger partial charge < -0.3 is 14.2 Å². The number of carbonyl (C=O) groups excluding carboxylic acids is 1. The first-order valence-corrected chi connectivity index (χ1v) is 4.98. The van der Waals surface area contributed by atoms with Gasteiger partial charge in [-0.25, -0.2) is 4.79 Å². The van der Waals surface area contributed by atoms with Gasteiger partial charge in [0.15, 0.2) is 0 Å². The number of ether oxygens (including phenoxy) is 3. The largest absolute Gasteiger partial charge is 0.453 e. The summed E-state index contributed by atoms with van der Waals surface area (Å²) in [5.41, 5.74) is -0.723. The molecule has 1 saturated heterocycles. The summed E-state index contributed by atoms with van der Waals surface area (Å²) in [6, 6.07) is 0. The molecule has 84 valence electrons. The van der Waals surface area contributed by atoms with Crippen molar-refractivity contribution in [3.8, 4) is 0 Å². The molecule has 0 unspecified atom stereocenters. The van der Waals surface area contributed by atoms with Gasteiger partial charge in [-0.15, -0.1) is 0 Å². The van der Waals surface area contributed by atoms with Crippen LogP contribution in [-0.2, 0) is 14.2 Å². The van der Waals surface area contributed by atoms with Crippen molar-refractivity contribution in [2.24, 2.45) is 5.92 Å². The minimum atomic E-state index is -0.723. The van der Waals surface area contributed by atoms with E-state index < -0.39 is 5.43 Å². The van der Waals surface area contributed by atoms with Crippen LogP contribution in [0.4, 0.5) is 4.79 Å². The Morgan fingerprint density at radius 2 is 1.71 bits per heavy atom. The maximum atomic E-state index is 9.89. The number of hydrogen-bond donors (Lipinski definition) is 0. The third-order valence-electron chi connectivity index (χ3n) is 1.27. The molecule has 1 aliphatic heterocycles. The van der Waals surface area contributed by atoms with E-state index in [1.54, 1.807) is 0 Å². The van der Waals surface area contributed by atoms with Crippen LogP contribution < -0.4 is 0 Å². The summed E-state index contributed by atoms with van der Waals surface area (Å²) < 4.78 is 14.3. The highest BCUT2D eigenvalue weighted by Gasteiger charge is 1.96. The standard InChI is InChI=1S/C5H9ClO2.C4H8O2/c1-4(2)3-8-5(6)7;1-2-6-4-3-5-1/h4H,3H2,1-2H3;1-4H2. The van der Waals surface area contributed by atoms with Crippen molar-refractivity contribution in [2.75, 3.05) is 33.0 Å². The minimum absolute atomic E-state index is 0.359. The van der Waals surface area contributed by atoms with Crippen LogP contribution in [0.3, 0.4) is 0 Å². The molecule has 0 amide bonds. The maximum absolute atomic E-state index is 9.89. The average molecular weight is 225 g/mol. The lowest BCUT2D eigenvalue weighted by Crippen LogP contribution is -2.16. The first-order valence-electron chi connectivity index (χ1n) is 4.60. The Balaban J connectivity index is 0.000000249. The van der Waals surface area contributed by atoms with Crippen LogP contribution in [0.5, 0.6) is 0 Å². The van der Waals surface area contributed by atoms with Crippen molar-refractivity contribution in [2.45, 2.75) is 13.8 Å². The first kappa shape index (κ1) is 13.7. The number of carbonyl (C=O) groups is 1. The molecule has 0 saturated carbocycles. The third kappa shape index (κ3) is 11.7. The van der Waals surface area contributed by atoms with E-state index in [1.807, 2.05) is 13.8 Å². The normalized spacial score (nSPS) is 15.7. The molecule has 0 aromatic heterocycles. The Hall–Kier alpha value is -0.320. The second kappa shape index (κ2) is 9.24. The topological polar surface area (TPSA) is 44.8 Å². The Bertz CT molecular complexity index is 134.